The van der Waals surface area contributed by atoms with Crippen LogP contribution in [0.3, 0.4) is 0 Å². The van der Waals surface area contributed by atoms with E-state index in [2.05, 4.69) is 30.2 Å². The number of pyridine rings is 2. The maximum atomic E-state index is 12.2. The Kier molecular flexibility index (Phi) is 4.62. The summed E-state index contributed by atoms with van der Waals surface area (Å²) in [4.78, 5) is 31.2. The van der Waals surface area contributed by atoms with Gasteiger partial charge >= 0.3 is 0 Å². The maximum Gasteiger partial charge on any atom is 0.289 e. The Morgan fingerprint density at radius 2 is 1.85 bits per heavy atom. The molecule has 132 valence electrons. The number of fused-ring (bicyclic) bond motifs is 1. The molecule has 0 aromatic carbocycles. The van der Waals surface area contributed by atoms with Crippen LogP contribution in [0.1, 0.15) is 23.5 Å². The summed E-state index contributed by atoms with van der Waals surface area (Å²) in [5, 5.41) is 4.42. The SMILES string of the molecule is O=C(NC1CCN(c2nc(Cl)cc3ncccc23)CC1)c1ncccn1. The van der Waals surface area contributed by atoms with Crippen LogP contribution < -0.4 is 10.2 Å². The number of carbonyl (C=O) groups is 1. The Morgan fingerprint density at radius 1 is 1.12 bits per heavy atom. The van der Waals surface area contributed by atoms with E-state index in [1.54, 1.807) is 30.7 Å². The van der Waals surface area contributed by atoms with Gasteiger partial charge in [-0.25, -0.2) is 15.0 Å². The van der Waals surface area contributed by atoms with Crippen molar-refractivity contribution in [2.45, 2.75) is 18.9 Å². The first-order valence-corrected chi connectivity index (χ1v) is 8.82. The van der Waals surface area contributed by atoms with Crippen molar-refractivity contribution in [2.75, 3.05) is 18.0 Å². The number of hydrogen-bond donors (Lipinski definition) is 1. The van der Waals surface area contributed by atoms with Gasteiger partial charge in [-0.3, -0.25) is 9.78 Å². The van der Waals surface area contributed by atoms with Crippen LogP contribution in [-0.2, 0) is 0 Å². The Morgan fingerprint density at radius 3 is 2.62 bits per heavy atom. The van der Waals surface area contributed by atoms with Crippen molar-refractivity contribution < 1.29 is 4.79 Å². The third-order valence-corrected chi connectivity index (χ3v) is 4.64. The molecule has 0 aliphatic carbocycles. The van der Waals surface area contributed by atoms with E-state index in [1.165, 1.54) is 0 Å². The summed E-state index contributed by atoms with van der Waals surface area (Å²) in [5.74, 6) is 0.805. The van der Waals surface area contributed by atoms with E-state index >= 15 is 0 Å². The summed E-state index contributed by atoms with van der Waals surface area (Å²) < 4.78 is 0. The van der Waals surface area contributed by atoms with Crippen molar-refractivity contribution in [1.29, 1.82) is 0 Å². The molecule has 1 amide bonds. The van der Waals surface area contributed by atoms with Crippen LogP contribution in [0.25, 0.3) is 10.9 Å². The molecule has 4 rings (SSSR count). The van der Waals surface area contributed by atoms with Crippen molar-refractivity contribution in [3.8, 4) is 0 Å². The fraction of sp³-hybridized carbons (Fsp3) is 0.278. The van der Waals surface area contributed by atoms with Gasteiger partial charge in [-0.05, 0) is 31.0 Å². The Labute approximate surface area is 155 Å². The summed E-state index contributed by atoms with van der Waals surface area (Å²) >= 11 is 6.16. The van der Waals surface area contributed by atoms with Gasteiger partial charge in [0.2, 0.25) is 5.82 Å². The van der Waals surface area contributed by atoms with E-state index in [0.29, 0.717) is 5.15 Å². The minimum atomic E-state index is -0.236. The lowest BCUT2D eigenvalue weighted by Crippen LogP contribution is -2.45. The second-order valence-electron chi connectivity index (χ2n) is 6.15. The number of anilines is 1. The molecule has 0 bridgehead atoms. The first-order valence-electron chi connectivity index (χ1n) is 8.45. The quantitative estimate of drug-likeness (QED) is 0.715. The fourth-order valence-corrected chi connectivity index (χ4v) is 3.35. The molecule has 3 aromatic rings. The lowest BCUT2D eigenvalue weighted by molar-refractivity contribution is 0.0920. The lowest BCUT2D eigenvalue weighted by Gasteiger charge is -2.33. The molecule has 0 unspecified atom stereocenters. The highest BCUT2D eigenvalue weighted by molar-refractivity contribution is 6.30. The van der Waals surface area contributed by atoms with Gasteiger partial charge in [-0.15, -0.1) is 0 Å². The zero-order chi connectivity index (χ0) is 17.9. The molecule has 1 saturated heterocycles. The zero-order valence-corrected chi connectivity index (χ0v) is 14.7. The fourth-order valence-electron chi connectivity index (χ4n) is 3.17. The Balaban J connectivity index is 1.45. The summed E-state index contributed by atoms with van der Waals surface area (Å²) in [6, 6.07) is 7.45. The topological polar surface area (TPSA) is 83.9 Å². The Hall–Kier alpha value is -2.80. The molecule has 26 heavy (non-hydrogen) atoms. The smallest absolute Gasteiger partial charge is 0.289 e. The molecule has 3 aromatic heterocycles. The summed E-state index contributed by atoms with van der Waals surface area (Å²) in [6.45, 7) is 1.55. The minimum absolute atomic E-state index is 0.0890. The Bertz CT molecular complexity index is 927. The van der Waals surface area contributed by atoms with Gasteiger partial charge in [-0.2, -0.15) is 0 Å². The highest BCUT2D eigenvalue weighted by Gasteiger charge is 2.24. The van der Waals surface area contributed by atoms with E-state index in [1.807, 2.05) is 12.1 Å². The van der Waals surface area contributed by atoms with Crippen LogP contribution in [0.4, 0.5) is 5.82 Å². The monoisotopic (exact) mass is 368 g/mol. The number of halogens is 1. The van der Waals surface area contributed by atoms with Crippen molar-refractivity contribution in [1.82, 2.24) is 25.3 Å². The second kappa shape index (κ2) is 7.21. The molecule has 4 heterocycles. The second-order valence-corrected chi connectivity index (χ2v) is 6.53. The van der Waals surface area contributed by atoms with Gasteiger partial charge in [0.1, 0.15) is 11.0 Å². The van der Waals surface area contributed by atoms with Crippen molar-refractivity contribution in [2.24, 2.45) is 0 Å². The summed E-state index contributed by atoms with van der Waals surface area (Å²) in [5.41, 5.74) is 0.833. The number of hydrogen-bond acceptors (Lipinski definition) is 6. The van der Waals surface area contributed by atoms with Crippen LogP contribution >= 0.6 is 11.6 Å². The molecule has 1 fully saturated rings. The van der Waals surface area contributed by atoms with Crippen LogP contribution in [0, 0.1) is 0 Å². The molecule has 0 saturated carbocycles. The predicted octanol–water partition coefficient (Wildman–Crippen LogP) is 2.47. The average Bonchev–Trinajstić information content (AvgIpc) is 2.68. The summed E-state index contributed by atoms with van der Waals surface area (Å²) in [7, 11) is 0. The molecule has 0 spiro atoms. The first-order chi connectivity index (χ1) is 12.7. The number of carbonyl (C=O) groups excluding carboxylic acids is 1. The highest BCUT2D eigenvalue weighted by Crippen LogP contribution is 2.28. The summed E-state index contributed by atoms with van der Waals surface area (Å²) in [6.07, 6.45) is 6.50. The average molecular weight is 369 g/mol. The molecular formula is C18H17ClN6O. The maximum absolute atomic E-state index is 12.2. The van der Waals surface area contributed by atoms with Crippen molar-refractivity contribution in [3.05, 3.63) is 53.8 Å². The number of nitrogens with zero attached hydrogens (tertiary/aromatic N) is 5. The van der Waals surface area contributed by atoms with E-state index in [-0.39, 0.29) is 17.8 Å². The van der Waals surface area contributed by atoms with Gasteiger partial charge < -0.3 is 10.2 Å². The molecule has 7 nitrogen and oxygen atoms in total. The number of nitrogens with one attached hydrogen (secondary N) is 1. The van der Waals surface area contributed by atoms with Crippen LogP contribution in [-0.4, -0.2) is 45.0 Å². The molecule has 0 radical (unpaired) electrons. The lowest BCUT2D eigenvalue weighted by atomic mass is 10.0. The van der Waals surface area contributed by atoms with E-state index in [4.69, 9.17) is 11.6 Å². The van der Waals surface area contributed by atoms with Crippen LogP contribution in [0.5, 0.6) is 0 Å². The first kappa shape index (κ1) is 16.7. The van der Waals surface area contributed by atoms with Gasteiger partial charge in [0, 0.05) is 49.2 Å². The third kappa shape index (κ3) is 3.43. The van der Waals surface area contributed by atoms with Crippen LogP contribution in [0.15, 0.2) is 42.9 Å². The third-order valence-electron chi connectivity index (χ3n) is 4.45. The van der Waals surface area contributed by atoms with Gasteiger partial charge in [-0.1, -0.05) is 11.6 Å². The van der Waals surface area contributed by atoms with Gasteiger partial charge in [0.05, 0.1) is 5.52 Å². The van der Waals surface area contributed by atoms with E-state index in [9.17, 15) is 4.79 Å². The molecule has 8 heteroatoms. The number of aromatic nitrogens is 4. The van der Waals surface area contributed by atoms with Gasteiger partial charge in [0.25, 0.3) is 5.91 Å². The number of rotatable bonds is 3. The predicted molar refractivity (Wildman–Crippen MR) is 99.3 cm³/mol. The molecule has 1 aliphatic rings. The standard InChI is InChI=1S/C18H17ClN6O/c19-15-11-14-13(3-1-6-20-14)17(24-15)25-9-4-12(5-10-25)23-18(26)16-21-7-2-8-22-16/h1-3,6-8,11-12H,4-5,9-10H2,(H,23,26). The zero-order valence-electron chi connectivity index (χ0n) is 14.0. The molecular weight excluding hydrogens is 352 g/mol. The van der Waals surface area contributed by atoms with Crippen LogP contribution in [0.2, 0.25) is 5.15 Å². The van der Waals surface area contributed by atoms with Crippen molar-refractivity contribution in [3.63, 3.8) is 0 Å². The molecule has 0 atom stereocenters. The highest BCUT2D eigenvalue weighted by atomic mass is 35.5. The number of piperidine rings is 1. The molecule has 1 N–H and O–H groups in total. The van der Waals surface area contributed by atoms with E-state index < -0.39 is 0 Å². The largest absolute Gasteiger partial charge is 0.356 e. The molecule has 1 aliphatic heterocycles. The van der Waals surface area contributed by atoms with E-state index in [0.717, 1.165) is 42.7 Å². The minimum Gasteiger partial charge on any atom is -0.356 e. The van der Waals surface area contributed by atoms with Crippen molar-refractivity contribution >= 4 is 34.2 Å². The normalized spacial score (nSPS) is 15.2. The number of amides is 1. The van der Waals surface area contributed by atoms with Gasteiger partial charge in [0.15, 0.2) is 0 Å².